The summed E-state index contributed by atoms with van der Waals surface area (Å²) in [5.41, 5.74) is 0. The van der Waals surface area contributed by atoms with Gasteiger partial charge in [0.15, 0.2) is 0 Å². The lowest BCUT2D eigenvalue weighted by Gasteiger charge is -2.30. The summed E-state index contributed by atoms with van der Waals surface area (Å²) in [5.74, 6) is -2.87. The predicted molar refractivity (Wildman–Crippen MR) is 76.8 cm³/mol. The fourth-order valence-corrected chi connectivity index (χ4v) is 2.56. The Morgan fingerprint density at radius 3 is 1.82 bits per heavy atom. The molecule has 0 aliphatic carbocycles. The van der Waals surface area contributed by atoms with Crippen LogP contribution in [0, 0.1) is 0 Å². The summed E-state index contributed by atoms with van der Waals surface area (Å²) in [4.78, 5) is 37.9. The van der Waals surface area contributed by atoms with Crippen molar-refractivity contribution in [2.24, 2.45) is 0 Å². The van der Waals surface area contributed by atoms with Crippen LogP contribution in [-0.2, 0) is 14.4 Å². The van der Waals surface area contributed by atoms with Gasteiger partial charge in [-0.25, -0.2) is 0 Å². The van der Waals surface area contributed by atoms with Crippen LogP contribution in [-0.4, -0.2) is 106 Å². The molecule has 1 rings (SSSR count). The van der Waals surface area contributed by atoms with Crippen LogP contribution in [0.15, 0.2) is 0 Å². The maximum Gasteiger partial charge on any atom is 0.317 e. The second-order valence-electron chi connectivity index (χ2n) is 5.51. The molecule has 1 aliphatic heterocycles. The van der Waals surface area contributed by atoms with Crippen molar-refractivity contribution in [3.63, 3.8) is 0 Å². The van der Waals surface area contributed by atoms with E-state index in [9.17, 15) is 14.4 Å². The Morgan fingerprint density at radius 2 is 1.27 bits per heavy atom. The van der Waals surface area contributed by atoms with Crippen LogP contribution >= 0.6 is 0 Å². The van der Waals surface area contributed by atoms with Crippen LogP contribution in [0.25, 0.3) is 0 Å². The first kappa shape index (κ1) is 18.3. The van der Waals surface area contributed by atoms with Gasteiger partial charge >= 0.3 is 17.9 Å². The second-order valence-corrected chi connectivity index (χ2v) is 5.51. The molecule has 1 unspecified atom stereocenters. The Balaban J connectivity index is 2.81. The fraction of sp³-hybridized carbons (Fsp3) is 0.769. The van der Waals surface area contributed by atoms with Crippen molar-refractivity contribution in [3.8, 4) is 0 Å². The van der Waals surface area contributed by atoms with Gasteiger partial charge in [0.1, 0.15) is 0 Å². The average Bonchev–Trinajstić information content (AvgIpc) is 2.42. The molecule has 0 radical (unpaired) electrons. The van der Waals surface area contributed by atoms with Crippen LogP contribution in [0.5, 0.6) is 0 Å². The molecule has 9 nitrogen and oxygen atoms in total. The van der Waals surface area contributed by atoms with E-state index < -0.39 is 17.9 Å². The van der Waals surface area contributed by atoms with E-state index in [2.05, 4.69) is 0 Å². The number of carboxylic acid groups (broad SMARTS) is 3. The topological polar surface area (TPSA) is 122 Å². The number of carbonyl (C=O) groups is 3. The van der Waals surface area contributed by atoms with Crippen molar-refractivity contribution in [3.05, 3.63) is 0 Å². The van der Waals surface area contributed by atoms with Crippen molar-refractivity contribution >= 4 is 17.9 Å². The van der Waals surface area contributed by atoms with Gasteiger partial charge in [0, 0.05) is 38.8 Å². The summed E-state index contributed by atoms with van der Waals surface area (Å²) < 4.78 is 0. The summed E-state index contributed by atoms with van der Waals surface area (Å²) in [6.07, 6.45) is 0. The molecular formula is C13H23N3O6. The summed E-state index contributed by atoms with van der Waals surface area (Å²) >= 11 is 0. The molecule has 1 aliphatic rings. The number of rotatable bonds is 6. The molecule has 0 aromatic heterocycles. The van der Waals surface area contributed by atoms with Gasteiger partial charge in [0.05, 0.1) is 19.6 Å². The zero-order chi connectivity index (χ0) is 16.7. The van der Waals surface area contributed by atoms with Gasteiger partial charge < -0.3 is 15.3 Å². The van der Waals surface area contributed by atoms with Crippen LogP contribution in [0.1, 0.15) is 6.92 Å². The molecule has 1 saturated heterocycles. The predicted octanol–water partition coefficient (Wildman–Crippen LogP) is -1.45. The average molecular weight is 317 g/mol. The standard InChI is InChI=1S/C13H23N3O6/c1-10-6-15(8-12(19)20)3-2-14(7-11(17)18)4-5-16(10)9-13(21)22/h10H,2-9H2,1H3,(H,17,18)(H,19,20)(H,21,22). The van der Waals surface area contributed by atoms with Crippen LogP contribution in [0.2, 0.25) is 0 Å². The minimum absolute atomic E-state index is 0.125. The number of carboxylic acids is 3. The van der Waals surface area contributed by atoms with Gasteiger partial charge in [-0.05, 0) is 6.92 Å². The minimum Gasteiger partial charge on any atom is -0.480 e. The molecule has 9 heteroatoms. The summed E-state index contributed by atoms with van der Waals surface area (Å²) in [7, 11) is 0. The Kier molecular flexibility index (Phi) is 7.22. The third-order valence-corrected chi connectivity index (χ3v) is 3.64. The molecule has 0 aromatic rings. The van der Waals surface area contributed by atoms with E-state index in [4.69, 9.17) is 15.3 Å². The van der Waals surface area contributed by atoms with Crippen molar-refractivity contribution in [2.75, 3.05) is 52.4 Å². The van der Waals surface area contributed by atoms with Gasteiger partial charge in [-0.15, -0.1) is 0 Å². The van der Waals surface area contributed by atoms with Gasteiger partial charge in [-0.3, -0.25) is 29.1 Å². The van der Waals surface area contributed by atoms with Gasteiger partial charge in [0.25, 0.3) is 0 Å². The van der Waals surface area contributed by atoms with Gasteiger partial charge in [-0.1, -0.05) is 0 Å². The highest BCUT2D eigenvalue weighted by Crippen LogP contribution is 2.07. The summed E-state index contributed by atoms with van der Waals surface area (Å²) in [6.45, 7) is 3.58. The first-order valence-electron chi connectivity index (χ1n) is 7.12. The molecule has 1 fully saturated rings. The first-order valence-corrected chi connectivity index (χ1v) is 7.12. The maximum atomic E-state index is 11.0. The smallest absolute Gasteiger partial charge is 0.317 e. The second kappa shape index (κ2) is 8.66. The molecule has 3 N–H and O–H groups in total. The molecule has 0 spiro atoms. The third-order valence-electron chi connectivity index (χ3n) is 3.64. The highest BCUT2D eigenvalue weighted by atomic mass is 16.4. The van der Waals surface area contributed by atoms with E-state index in [1.807, 2.05) is 6.92 Å². The maximum absolute atomic E-state index is 11.0. The van der Waals surface area contributed by atoms with Crippen molar-refractivity contribution in [1.29, 1.82) is 0 Å². The highest BCUT2D eigenvalue weighted by molar-refractivity contribution is 5.70. The van der Waals surface area contributed by atoms with E-state index in [0.29, 0.717) is 32.7 Å². The number of aliphatic carboxylic acids is 3. The zero-order valence-corrected chi connectivity index (χ0v) is 12.6. The molecule has 126 valence electrons. The molecule has 1 heterocycles. The molecule has 22 heavy (non-hydrogen) atoms. The zero-order valence-electron chi connectivity index (χ0n) is 12.6. The summed E-state index contributed by atoms with van der Waals surface area (Å²) in [6, 6.07) is -0.125. The summed E-state index contributed by atoms with van der Waals surface area (Å²) in [5, 5.41) is 26.8. The van der Waals surface area contributed by atoms with E-state index in [1.165, 1.54) is 0 Å². The Labute approximate surface area is 128 Å². The molecule has 0 saturated carbocycles. The normalized spacial score (nSPS) is 22.5. The van der Waals surface area contributed by atoms with Crippen LogP contribution in [0.4, 0.5) is 0 Å². The lowest BCUT2D eigenvalue weighted by atomic mass is 10.2. The van der Waals surface area contributed by atoms with E-state index in [0.717, 1.165) is 0 Å². The van der Waals surface area contributed by atoms with E-state index in [1.54, 1.807) is 14.7 Å². The van der Waals surface area contributed by atoms with Crippen LogP contribution < -0.4 is 0 Å². The molecule has 0 amide bonds. The molecule has 0 aromatic carbocycles. The number of hydrogen-bond donors (Lipinski definition) is 3. The Bertz CT molecular complexity index is 417. The monoisotopic (exact) mass is 317 g/mol. The largest absolute Gasteiger partial charge is 0.480 e. The van der Waals surface area contributed by atoms with Gasteiger partial charge in [0.2, 0.25) is 0 Å². The Morgan fingerprint density at radius 1 is 0.818 bits per heavy atom. The van der Waals surface area contributed by atoms with Crippen LogP contribution in [0.3, 0.4) is 0 Å². The van der Waals surface area contributed by atoms with Crippen molar-refractivity contribution in [2.45, 2.75) is 13.0 Å². The quantitative estimate of drug-likeness (QED) is 0.540. The molecular weight excluding hydrogens is 294 g/mol. The Hall–Kier alpha value is -1.71. The molecule has 0 bridgehead atoms. The number of nitrogens with zero attached hydrogens (tertiary/aromatic N) is 3. The third kappa shape index (κ3) is 6.83. The molecule has 1 atom stereocenters. The highest BCUT2D eigenvalue weighted by Gasteiger charge is 2.24. The minimum atomic E-state index is -0.958. The van der Waals surface area contributed by atoms with Crippen molar-refractivity contribution in [1.82, 2.24) is 14.7 Å². The lowest BCUT2D eigenvalue weighted by molar-refractivity contribution is -0.140. The van der Waals surface area contributed by atoms with E-state index >= 15 is 0 Å². The van der Waals surface area contributed by atoms with E-state index in [-0.39, 0.29) is 25.7 Å². The SMILES string of the molecule is CC1CN(CC(=O)O)CCN(CC(=O)O)CCN1CC(=O)O. The van der Waals surface area contributed by atoms with Crippen molar-refractivity contribution < 1.29 is 29.7 Å². The lowest BCUT2D eigenvalue weighted by Crippen LogP contribution is -2.46. The fourth-order valence-electron chi connectivity index (χ4n) is 2.56. The number of hydrogen-bond acceptors (Lipinski definition) is 6. The van der Waals surface area contributed by atoms with Gasteiger partial charge in [-0.2, -0.15) is 0 Å². The first-order chi connectivity index (χ1) is 10.3.